The first-order chi connectivity index (χ1) is 9.94. The Hall–Kier alpha value is -0.940. The molecule has 0 saturated carbocycles. The number of aliphatic hydroxyl groups is 1. The average Bonchev–Trinajstić information content (AvgIpc) is 2.38. The molecule has 1 aromatic rings. The van der Waals surface area contributed by atoms with Crippen molar-refractivity contribution in [3.63, 3.8) is 0 Å². The van der Waals surface area contributed by atoms with Gasteiger partial charge in [-0.15, -0.1) is 0 Å². The van der Waals surface area contributed by atoms with E-state index in [2.05, 4.69) is 55.0 Å². The van der Waals surface area contributed by atoms with Crippen LogP contribution in [0.15, 0.2) is 30.3 Å². The fraction of sp³-hybridized carbons (Fsp3) is 0.647. The van der Waals surface area contributed by atoms with Crippen molar-refractivity contribution in [2.45, 2.75) is 32.1 Å². The van der Waals surface area contributed by atoms with Crippen molar-refractivity contribution in [3.8, 4) is 0 Å². The molecule has 2 rings (SSSR count). The Balaban J connectivity index is 1.75. The van der Waals surface area contributed by atoms with Gasteiger partial charge in [0.25, 0.3) is 0 Å². The van der Waals surface area contributed by atoms with E-state index in [1.165, 1.54) is 5.56 Å². The number of ether oxygens (including phenoxy) is 1. The van der Waals surface area contributed by atoms with E-state index in [9.17, 15) is 5.11 Å². The highest BCUT2D eigenvalue weighted by molar-refractivity contribution is 5.14. The van der Waals surface area contributed by atoms with Gasteiger partial charge in [-0.25, -0.2) is 0 Å². The van der Waals surface area contributed by atoms with Crippen LogP contribution in [-0.2, 0) is 11.3 Å². The van der Waals surface area contributed by atoms with E-state index in [1.54, 1.807) is 0 Å². The molecule has 0 aromatic heterocycles. The summed E-state index contributed by atoms with van der Waals surface area (Å²) in [5.74, 6) is 0. The molecular formula is C17H28N2O2. The number of nitrogens with zero attached hydrogens (tertiary/aromatic N) is 2. The summed E-state index contributed by atoms with van der Waals surface area (Å²) in [4.78, 5) is 4.47. The summed E-state index contributed by atoms with van der Waals surface area (Å²) in [5, 5.41) is 10.3. The number of hydrogen-bond donors (Lipinski definition) is 1. The third-order valence-corrected chi connectivity index (χ3v) is 3.79. The molecule has 1 aliphatic rings. The van der Waals surface area contributed by atoms with Gasteiger partial charge in [0.1, 0.15) is 0 Å². The lowest BCUT2D eigenvalue weighted by Gasteiger charge is -2.39. The van der Waals surface area contributed by atoms with E-state index in [4.69, 9.17) is 4.74 Å². The fourth-order valence-electron chi connectivity index (χ4n) is 2.95. The van der Waals surface area contributed by atoms with Gasteiger partial charge in [-0.05, 0) is 26.5 Å². The summed E-state index contributed by atoms with van der Waals surface area (Å²) in [6, 6.07) is 10.4. The summed E-state index contributed by atoms with van der Waals surface area (Å²) in [6.07, 6.45) is -0.326. The highest BCUT2D eigenvalue weighted by Crippen LogP contribution is 2.16. The molecule has 1 aromatic carbocycles. The zero-order valence-electron chi connectivity index (χ0n) is 13.5. The lowest BCUT2D eigenvalue weighted by molar-refractivity contribution is -0.0940. The molecule has 1 N–H and O–H groups in total. The predicted molar refractivity (Wildman–Crippen MR) is 85.3 cm³/mol. The van der Waals surface area contributed by atoms with Crippen molar-refractivity contribution >= 4 is 0 Å². The predicted octanol–water partition coefficient (Wildman–Crippen LogP) is 1.59. The van der Waals surface area contributed by atoms with Crippen LogP contribution in [-0.4, -0.2) is 66.4 Å². The Morgan fingerprint density at radius 1 is 1.33 bits per heavy atom. The van der Waals surface area contributed by atoms with Crippen LogP contribution in [0.5, 0.6) is 0 Å². The highest BCUT2D eigenvalue weighted by Gasteiger charge is 2.28. The van der Waals surface area contributed by atoms with Gasteiger partial charge in [-0.3, -0.25) is 9.80 Å². The Bertz CT molecular complexity index is 422. The Kier molecular flexibility index (Phi) is 5.76. The molecule has 0 bridgehead atoms. The van der Waals surface area contributed by atoms with E-state index in [1.807, 2.05) is 6.07 Å². The number of benzene rings is 1. The van der Waals surface area contributed by atoms with Gasteiger partial charge in [0, 0.05) is 32.7 Å². The molecule has 1 atom stereocenters. The lowest BCUT2D eigenvalue weighted by atomic mass is 10.1. The van der Waals surface area contributed by atoms with Gasteiger partial charge >= 0.3 is 0 Å². The van der Waals surface area contributed by atoms with Crippen LogP contribution in [0.3, 0.4) is 0 Å². The van der Waals surface area contributed by atoms with Crippen LogP contribution in [0.4, 0.5) is 0 Å². The molecule has 1 unspecified atom stereocenters. The number of likely N-dealkylation sites (N-methyl/N-ethyl adjacent to an activating group) is 1. The third kappa shape index (κ3) is 5.75. The third-order valence-electron chi connectivity index (χ3n) is 3.79. The molecule has 0 spiro atoms. The molecule has 0 amide bonds. The van der Waals surface area contributed by atoms with Gasteiger partial charge in [-0.1, -0.05) is 30.3 Å². The number of β-amino-alcohol motifs (C(OH)–C–C–N with tert-alkyl or cyclic N) is 1. The molecule has 1 heterocycles. The fourth-order valence-corrected chi connectivity index (χ4v) is 2.95. The van der Waals surface area contributed by atoms with Crippen LogP contribution >= 0.6 is 0 Å². The smallest absolute Gasteiger partial charge is 0.0793 e. The lowest BCUT2D eigenvalue weighted by Crippen LogP contribution is -2.51. The normalized spacial score (nSPS) is 20.6. The highest BCUT2D eigenvalue weighted by atomic mass is 16.5. The number of morpholine rings is 1. The monoisotopic (exact) mass is 292 g/mol. The minimum absolute atomic E-state index is 0.103. The first-order valence-electron chi connectivity index (χ1n) is 7.71. The average molecular weight is 292 g/mol. The molecule has 1 saturated heterocycles. The van der Waals surface area contributed by atoms with Crippen LogP contribution < -0.4 is 0 Å². The number of aliphatic hydroxyl groups excluding tert-OH is 1. The molecule has 21 heavy (non-hydrogen) atoms. The van der Waals surface area contributed by atoms with Crippen molar-refractivity contribution < 1.29 is 9.84 Å². The Labute approximate surface area is 128 Å². The van der Waals surface area contributed by atoms with Gasteiger partial charge < -0.3 is 9.84 Å². The van der Waals surface area contributed by atoms with E-state index < -0.39 is 0 Å². The Morgan fingerprint density at radius 3 is 2.71 bits per heavy atom. The quantitative estimate of drug-likeness (QED) is 0.864. The van der Waals surface area contributed by atoms with Crippen LogP contribution in [0.1, 0.15) is 19.4 Å². The number of hydrogen-bond acceptors (Lipinski definition) is 4. The van der Waals surface area contributed by atoms with Gasteiger partial charge in [0.2, 0.25) is 0 Å². The first-order valence-corrected chi connectivity index (χ1v) is 7.71. The SMILES string of the molecule is CN(Cc1ccccc1)CC(O)CN1CCOC(C)(C)C1. The summed E-state index contributed by atoms with van der Waals surface area (Å²) in [7, 11) is 2.06. The van der Waals surface area contributed by atoms with Crippen molar-refractivity contribution in [3.05, 3.63) is 35.9 Å². The second kappa shape index (κ2) is 7.36. The summed E-state index contributed by atoms with van der Waals surface area (Å²) in [5.41, 5.74) is 1.17. The van der Waals surface area contributed by atoms with Crippen molar-refractivity contribution in [1.29, 1.82) is 0 Å². The van der Waals surface area contributed by atoms with Crippen LogP contribution in [0, 0.1) is 0 Å². The van der Waals surface area contributed by atoms with Crippen molar-refractivity contribution in [2.75, 3.05) is 39.8 Å². The number of rotatable bonds is 6. The molecule has 4 nitrogen and oxygen atoms in total. The standard InChI is InChI=1S/C17H28N2O2/c1-17(2)14-19(9-10-21-17)13-16(20)12-18(3)11-15-7-5-4-6-8-15/h4-8,16,20H,9-14H2,1-3H3. The minimum Gasteiger partial charge on any atom is -0.390 e. The summed E-state index contributed by atoms with van der Waals surface area (Å²) >= 11 is 0. The van der Waals surface area contributed by atoms with Crippen molar-refractivity contribution in [2.24, 2.45) is 0 Å². The van der Waals surface area contributed by atoms with E-state index >= 15 is 0 Å². The van der Waals surface area contributed by atoms with E-state index in [0.717, 1.165) is 26.2 Å². The summed E-state index contributed by atoms with van der Waals surface area (Å²) < 4.78 is 5.70. The van der Waals surface area contributed by atoms with Gasteiger partial charge in [-0.2, -0.15) is 0 Å². The molecule has 1 fully saturated rings. The van der Waals surface area contributed by atoms with Gasteiger partial charge in [0.15, 0.2) is 0 Å². The maximum Gasteiger partial charge on any atom is 0.0793 e. The largest absolute Gasteiger partial charge is 0.390 e. The topological polar surface area (TPSA) is 35.9 Å². The summed E-state index contributed by atoms with van der Waals surface area (Å²) in [6.45, 7) is 9.01. The molecule has 118 valence electrons. The zero-order chi connectivity index (χ0) is 15.3. The second-order valence-electron chi connectivity index (χ2n) is 6.68. The Morgan fingerprint density at radius 2 is 2.05 bits per heavy atom. The van der Waals surface area contributed by atoms with E-state index in [0.29, 0.717) is 13.1 Å². The van der Waals surface area contributed by atoms with E-state index in [-0.39, 0.29) is 11.7 Å². The van der Waals surface area contributed by atoms with Crippen LogP contribution in [0.2, 0.25) is 0 Å². The molecule has 0 radical (unpaired) electrons. The maximum atomic E-state index is 10.3. The molecule has 1 aliphatic heterocycles. The first kappa shape index (κ1) is 16.4. The molecule has 4 heteroatoms. The molecule has 0 aliphatic carbocycles. The van der Waals surface area contributed by atoms with Crippen molar-refractivity contribution in [1.82, 2.24) is 9.80 Å². The maximum absolute atomic E-state index is 10.3. The van der Waals surface area contributed by atoms with Gasteiger partial charge in [0.05, 0.1) is 18.3 Å². The molecular weight excluding hydrogens is 264 g/mol. The zero-order valence-corrected chi connectivity index (χ0v) is 13.5. The minimum atomic E-state index is -0.326. The second-order valence-corrected chi connectivity index (χ2v) is 6.68. The van der Waals surface area contributed by atoms with Crippen LogP contribution in [0.25, 0.3) is 0 Å².